The van der Waals surface area contributed by atoms with E-state index in [2.05, 4.69) is 4.74 Å². The van der Waals surface area contributed by atoms with Crippen molar-refractivity contribution in [1.29, 1.82) is 0 Å². The lowest BCUT2D eigenvalue weighted by atomic mass is 10.1. The molecule has 0 saturated carbocycles. The van der Waals surface area contributed by atoms with Crippen molar-refractivity contribution in [2.45, 2.75) is 19.6 Å². The number of benzene rings is 1. The number of nitrogens with two attached hydrogens (primary N) is 1. The van der Waals surface area contributed by atoms with Crippen molar-refractivity contribution in [3.8, 4) is 0 Å². The van der Waals surface area contributed by atoms with Gasteiger partial charge in [-0.2, -0.15) is 0 Å². The number of hydrogen-bond acceptors (Lipinski definition) is 4. The molecule has 0 saturated heterocycles. The van der Waals surface area contributed by atoms with Crippen molar-refractivity contribution in [3.63, 3.8) is 0 Å². The third-order valence-corrected chi connectivity index (χ3v) is 2.21. The van der Waals surface area contributed by atoms with Gasteiger partial charge in [-0.15, -0.1) is 0 Å². The van der Waals surface area contributed by atoms with E-state index < -0.39 is 0 Å². The summed E-state index contributed by atoms with van der Waals surface area (Å²) in [5.41, 5.74) is 6.90. The smallest absolute Gasteiger partial charge is 0.337 e. The summed E-state index contributed by atoms with van der Waals surface area (Å²) in [4.78, 5) is 11.3. The van der Waals surface area contributed by atoms with E-state index >= 15 is 0 Å². The second-order valence-electron chi connectivity index (χ2n) is 3.55. The predicted octanol–water partition coefficient (Wildman–Crippen LogP) is 1.34. The molecule has 0 amide bonds. The van der Waals surface area contributed by atoms with E-state index in [4.69, 9.17) is 10.5 Å². The SMILES string of the molecule is COC(=O)c1cccc(COC(C)CN)c1. The quantitative estimate of drug-likeness (QED) is 0.765. The topological polar surface area (TPSA) is 61.5 Å². The van der Waals surface area contributed by atoms with Gasteiger partial charge in [-0.1, -0.05) is 12.1 Å². The van der Waals surface area contributed by atoms with Crippen LogP contribution in [0.4, 0.5) is 0 Å². The van der Waals surface area contributed by atoms with Gasteiger partial charge >= 0.3 is 5.97 Å². The molecule has 16 heavy (non-hydrogen) atoms. The van der Waals surface area contributed by atoms with Gasteiger partial charge in [0.25, 0.3) is 0 Å². The molecule has 0 aromatic heterocycles. The van der Waals surface area contributed by atoms with Crippen LogP contribution in [0.3, 0.4) is 0 Å². The first-order valence-corrected chi connectivity index (χ1v) is 5.16. The number of hydrogen-bond donors (Lipinski definition) is 1. The summed E-state index contributed by atoms with van der Waals surface area (Å²) >= 11 is 0. The highest BCUT2D eigenvalue weighted by atomic mass is 16.5. The molecule has 0 heterocycles. The summed E-state index contributed by atoms with van der Waals surface area (Å²) in [6.45, 7) is 2.84. The first-order chi connectivity index (χ1) is 7.67. The fourth-order valence-corrected chi connectivity index (χ4v) is 1.21. The molecule has 1 aromatic carbocycles. The van der Waals surface area contributed by atoms with Gasteiger partial charge < -0.3 is 15.2 Å². The molecule has 0 aliphatic rings. The highest BCUT2D eigenvalue weighted by Crippen LogP contribution is 2.08. The van der Waals surface area contributed by atoms with Crippen molar-refractivity contribution in [1.82, 2.24) is 0 Å². The number of ether oxygens (including phenoxy) is 2. The van der Waals surface area contributed by atoms with Crippen LogP contribution in [-0.4, -0.2) is 25.7 Å². The first-order valence-electron chi connectivity index (χ1n) is 5.16. The van der Waals surface area contributed by atoms with Crippen molar-refractivity contribution >= 4 is 5.97 Å². The fourth-order valence-electron chi connectivity index (χ4n) is 1.21. The Morgan fingerprint density at radius 2 is 2.25 bits per heavy atom. The van der Waals surface area contributed by atoms with E-state index in [9.17, 15) is 4.79 Å². The van der Waals surface area contributed by atoms with E-state index in [1.54, 1.807) is 18.2 Å². The molecule has 1 rings (SSSR count). The molecule has 0 spiro atoms. The van der Waals surface area contributed by atoms with Crippen LogP contribution in [0.15, 0.2) is 24.3 Å². The van der Waals surface area contributed by atoms with Gasteiger partial charge in [0.1, 0.15) is 0 Å². The zero-order chi connectivity index (χ0) is 12.0. The van der Waals surface area contributed by atoms with Gasteiger partial charge in [0.2, 0.25) is 0 Å². The van der Waals surface area contributed by atoms with E-state index in [0.717, 1.165) is 5.56 Å². The molecule has 4 nitrogen and oxygen atoms in total. The van der Waals surface area contributed by atoms with E-state index in [1.165, 1.54) is 7.11 Å². The second kappa shape index (κ2) is 6.25. The molecule has 1 atom stereocenters. The maximum Gasteiger partial charge on any atom is 0.337 e. The molecule has 2 N–H and O–H groups in total. The Bertz CT molecular complexity index is 352. The molecular formula is C12H17NO3. The number of carbonyl (C=O) groups is 1. The van der Waals surface area contributed by atoms with Crippen LogP contribution in [0.2, 0.25) is 0 Å². The summed E-state index contributed by atoms with van der Waals surface area (Å²) in [7, 11) is 1.36. The van der Waals surface area contributed by atoms with Gasteiger partial charge in [-0.3, -0.25) is 0 Å². The lowest BCUT2D eigenvalue weighted by Crippen LogP contribution is -2.19. The Morgan fingerprint density at radius 3 is 2.88 bits per heavy atom. The van der Waals surface area contributed by atoms with Crippen LogP contribution in [0.25, 0.3) is 0 Å². The normalized spacial score (nSPS) is 12.2. The molecule has 4 heteroatoms. The average Bonchev–Trinajstić information content (AvgIpc) is 2.35. The molecule has 1 unspecified atom stereocenters. The Morgan fingerprint density at radius 1 is 1.50 bits per heavy atom. The maximum atomic E-state index is 11.3. The lowest BCUT2D eigenvalue weighted by molar-refractivity contribution is 0.0579. The molecular weight excluding hydrogens is 206 g/mol. The highest BCUT2D eigenvalue weighted by Gasteiger charge is 2.06. The standard InChI is InChI=1S/C12H17NO3/c1-9(7-13)16-8-10-4-3-5-11(6-10)12(14)15-2/h3-6,9H,7-8,13H2,1-2H3. The largest absolute Gasteiger partial charge is 0.465 e. The number of esters is 1. The number of methoxy groups -OCH3 is 1. The minimum Gasteiger partial charge on any atom is -0.465 e. The average molecular weight is 223 g/mol. The van der Waals surface area contributed by atoms with Gasteiger partial charge in [0, 0.05) is 6.54 Å². The molecule has 1 aromatic rings. The summed E-state index contributed by atoms with van der Waals surface area (Å²) in [5.74, 6) is -0.339. The minimum absolute atomic E-state index is 0.0155. The van der Waals surface area contributed by atoms with Gasteiger partial charge in [-0.25, -0.2) is 4.79 Å². The number of rotatable bonds is 5. The van der Waals surface area contributed by atoms with Crippen molar-refractivity contribution < 1.29 is 14.3 Å². The minimum atomic E-state index is -0.339. The molecule has 0 radical (unpaired) electrons. The molecule has 0 bridgehead atoms. The summed E-state index contributed by atoms with van der Waals surface area (Å²) in [6, 6.07) is 7.17. The Balaban J connectivity index is 2.64. The summed E-state index contributed by atoms with van der Waals surface area (Å²) in [5, 5.41) is 0. The monoisotopic (exact) mass is 223 g/mol. The third kappa shape index (κ3) is 3.64. The van der Waals surface area contributed by atoms with Crippen LogP contribution in [0, 0.1) is 0 Å². The lowest BCUT2D eigenvalue weighted by Gasteiger charge is -2.10. The fraction of sp³-hybridized carbons (Fsp3) is 0.417. The Kier molecular flexibility index (Phi) is 4.95. The van der Waals surface area contributed by atoms with Crippen LogP contribution in [0.1, 0.15) is 22.8 Å². The second-order valence-corrected chi connectivity index (χ2v) is 3.55. The molecule has 88 valence electrons. The van der Waals surface area contributed by atoms with Gasteiger partial charge in [0.15, 0.2) is 0 Å². The van der Waals surface area contributed by atoms with Gasteiger partial charge in [0.05, 0.1) is 25.4 Å². The van der Waals surface area contributed by atoms with E-state index in [1.807, 2.05) is 13.0 Å². The van der Waals surface area contributed by atoms with Crippen LogP contribution >= 0.6 is 0 Å². The third-order valence-electron chi connectivity index (χ3n) is 2.21. The maximum absolute atomic E-state index is 11.3. The van der Waals surface area contributed by atoms with Crippen LogP contribution < -0.4 is 5.73 Å². The number of carbonyl (C=O) groups excluding carboxylic acids is 1. The van der Waals surface area contributed by atoms with Gasteiger partial charge in [-0.05, 0) is 24.6 Å². The van der Waals surface area contributed by atoms with Crippen molar-refractivity contribution in [2.24, 2.45) is 5.73 Å². The summed E-state index contributed by atoms with van der Waals surface area (Å²) < 4.78 is 10.1. The summed E-state index contributed by atoms with van der Waals surface area (Å²) in [6.07, 6.45) is 0.0155. The van der Waals surface area contributed by atoms with Crippen LogP contribution in [0.5, 0.6) is 0 Å². The van der Waals surface area contributed by atoms with Crippen molar-refractivity contribution in [3.05, 3.63) is 35.4 Å². The predicted molar refractivity (Wildman–Crippen MR) is 61.1 cm³/mol. The van der Waals surface area contributed by atoms with E-state index in [-0.39, 0.29) is 12.1 Å². The van der Waals surface area contributed by atoms with E-state index in [0.29, 0.717) is 18.7 Å². The molecule has 0 aliphatic heterocycles. The first kappa shape index (κ1) is 12.7. The molecule has 0 aliphatic carbocycles. The zero-order valence-corrected chi connectivity index (χ0v) is 9.60. The zero-order valence-electron chi connectivity index (χ0n) is 9.60. The Labute approximate surface area is 95.3 Å². The Hall–Kier alpha value is -1.39. The molecule has 0 fully saturated rings. The van der Waals surface area contributed by atoms with Crippen molar-refractivity contribution in [2.75, 3.05) is 13.7 Å². The highest BCUT2D eigenvalue weighted by molar-refractivity contribution is 5.89. The van der Waals surface area contributed by atoms with Crippen LogP contribution in [-0.2, 0) is 16.1 Å².